The van der Waals surface area contributed by atoms with Gasteiger partial charge in [-0.1, -0.05) is 36.2 Å². The monoisotopic (exact) mass is 449 g/mol. The number of nitrogens with zero attached hydrogens (tertiary/aromatic N) is 5. The number of piperidine rings is 1. The van der Waals surface area contributed by atoms with Crippen LogP contribution in [0.4, 0.5) is 0 Å². The Morgan fingerprint density at radius 2 is 1.67 bits per heavy atom. The van der Waals surface area contributed by atoms with Gasteiger partial charge in [0.2, 0.25) is 0 Å². The van der Waals surface area contributed by atoms with E-state index in [0.29, 0.717) is 34.3 Å². The maximum Gasteiger partial charge on any atom is 0.332 e. The summed E-state index contributed by atoms with van der Waals surface area (Å²) < 4.78 is 4.40. The molecule has 9 heteroatoms. The molecule has 0 saturated carbocycles. The third-order valence-electron chi connectivity index (χ3n) is 6.05. The second kappa shape index (κ2) is 8.21. The zero-order chi connectivity index (χ0) is 21.6. The van der Waals surface area contributed by atoms with Crippen molar-refractivity contribution < 1.29 is 0 Å². The lowest BCUT2D eigenvalue weighted by Gasteiger charge is -2.30. The van der Waals surface area contributed by atoms with Crippen LogP contribution in [0.1, 0.15) is 31.2 Å². The predicted molar refractivity (Wildman–Crippen MR) is 119 cm³/mol. The third-order valence-corrected chi connectivity index (χ3v) is 6.75. The van der Waals surface area contributed by atoms with Crippen LogP contribution >= 0.6 is 23.2 Å². The van der Waals surface area contributed by atoms with Crippen LogP contribution in [0.5, 0.6) is 0 Å². The van der Waals surface area contributed by atoms with Gasteiger partial charge in [0.25, 0.3) is 5.56 Å². The molecule has 1 fully saturated rings. The molecule has 7 nitrogen and oxygen atoms in total. The van der Waals surface area contributed by atoms with Crippen LogP contribution < -0.4 is 11.2 Å². The molecular formula is C21H25Cl2N5O2. The zero-order valence-corrected chi connectivity index (χ0v) is 18.9. The van der Waals surface area contributed by atoms with Gasteiger partial charge in [-0.25, -0.2) is 9.78 Å². The van der Waals surface area contributed by atoms with E-state index in [1.54, 1.807) is 25.2 Å². The number of rotatable bonds is 4. The van der Waals surface area contributed by atoms with E-state index in [4.69, 9.17) is 28.2 Å². The van der Waals surface area contributed by atoms with Gasteiger partial charge >= 0.3 is 5.69 Å². The summed E-state index contributed by atoms with van der Waals surface area (Å²) in [6, 6.07) is 5.35. The van der Waals surface area contributed by atoms with Crippen LogP contribution in [0.25, 0.3) is 11.2 Å². The van der Waals surface area contributed by atoms with Crippen LogP contribution in [0.15, 0.2) is 27.8 Å². The summed E-state index contributed by atoms with van der Waals surface area (Å²) in [6.07, 6.45) is 2.27. The fourth-order valence-corrected chi connectivity index (χ4v) is 4.56. The van der Waals surface area contributed by atoms with Crippen molar-refractivity contribution in [2.75, 3.05) is 13.1 Å². The van der Waals surface area contributed by atoms with Crippen molar-refractivity contribution in [1.82, 2.24) is 23.6 Å². The van der Waals surface area contributed by atoms with Crippen LogP contribution in [-0.2, 0) is 27.2 Å². The third kappa shape index (κ3) is 3.70. The van der Waals surface area contributed by atoms with Crippen molar-refractivity contribution in [3.8, 4) is 0 Å². The Bertz CT molecular complexity index is 1200. The normalized spacial score (nSPS) is 15.9. The Labute approximate surface area is 184 Å². The highest BCUT2D eigenvalue weighted by Crippen LogP contribution is 2.27. The van der Waals surface area contributed by atoms with E-state index in [1.807, 2.05) is 4.57 Å². The van der Waals surface area contributed by atoms with Crippen LogP contribution in [0, 0.1) is 5.92 Å². The molecule has 160 valence electrons. The molecule has 0 atom stereocenters. The molecule has 0 unspecified atom stereocenters. The molecule has 1 aliphatic heterocycles. The second-order valence-electron chi connectivity index (χ2n) is 8.15. The summed E-state index contributed by atoms with van der Waals surface area (Å²) in [6.45, 7) is 5.14. The quantitative estimate of drug-likeness (QED) is 0.613. The maximum absolute atomic E-state index is 13.0. The Balaban J connectivity index is 1.88. The van der Waals surface area contributed by atoms with E-state index >= 15 is 0 Å². The van der Waals surface area contributed by atoms with Crippen LogP contribution in [0.3, 0.4) is 0 Å². The average molecular weight is 450 g/mol. The number of likely N-dealkylation sites (tertiary alicyclic amines) is 1. The minimum Gasteiger partial charge on any atom is -0.316 e. The van der Waals surface area contributed by atoms with E-state index in [1.165, 1.54) is 11.6 Å². The summed E-state index contributed by atoms with van der Waals surface area (Å²) in [7, 11) is 3.12. The lowest BCUT2D eigenvalue weighted by Crippen LogP contribution is -2.37. The minimum atomic E-state index is -0.397. The Morgan fingerprint density at radius 1 is 1.03 bits per heavy atom. The molecule has 3 heterocycles. The first-order valence-corrected chi connectivity index (χ1v) is 10.8. The highest BCUT2D eigenvalue weighted by molar-refractivity contribution is 6.36. The summed E-state index contributed by atoms with van der Waals surface area (Å²) >= 11 is 12.8. The molecule has 3 aromatic rings. The number of benzene rings is 1. The fraction of sp³-hybridized carbons (Fsp3) is 0.476. The molecule has 0 aliphatic carbocycles. The van der Waals surface area contributed by atoms with Crippen molar-refractivity contribution in [2.24, 2.45) is 20.0 Å². The topological polar surface area (TPSA) is 65.1 Å². The fourth-order valence-electron chi connectivity index (χ4n) is 4.04. The molecule has 0 bridgehead atoms. The largest absolute Gasteiger partial charge is 0.332 e. The van der Waals surface area contributed by atoms with Crippen molar-refractivity contribution in [3.05, 3.63) is 60.5 Å². The lowest BCUT2D eigenvalue weighted by molar-refractivity contribution is 0.180. The Morgan fingerprint density at radius 3 is 2.30 bits per heavy atom. The van der Waals surface area contributed by atoms with E-state index in [9.17, 15) is 9.59 Å². The van der Waals surface area contributed by atoms with Gasteiger partial charge in [0.15, 0.2) is 11.2 Å². The summed E-state index contributed by atoms with van der Waals surface area (Å²) in [5, 5.41) is 1.06. The Kier molecular flexibility index (Phi) is 5.79. The first-order valence-electron chi connectivity index (χ1n) is 10.1. The molecule has 1 aliphatic rings. The maximum atomic E-state index is 13.0. The molecule has 1 saturated heterocycles. The summed E-state index contributed by atoms with van der Waals surface area (Å²) in [4.78, 5) is 32.6. The highest BCUT2D eigenvalue weighted by atomic mass is 35.5. The second-order valence-corrected chi connectivity index (χ2v) is 8.97. The number of imidazole rings is 1. The van der Waals surface area contributed by atoms with Gasteiger partial charge in [-0.05, 0) is 44.0 Å². The first kappa shape index (κ1) is 21.2. The molecule has 0 amide bonds. The SMILES string of the molecule is CC1CCN(Cc2nc3c(c(=O)n(C)c(=O)n3C)n2Cc2c(Cl)cccc2Cl)CC1. The molecule has 0 N–H and O–H groups in total. The standard InChI is InChI=1S/C21H25Cl2N5O2/c1-13-7-9-27(10-8-13)12-17-24-19-18(20(29)26(3)21(30)25(19)2)28(17)11-14-15(22)5-4-6-16(14)23/h4-6,13H,7-12H2,1-3H3. The van der Waals surface area contributed by atoms with Crippen molar-refractivity contribution in [3.63, 3.8) is 0 Å². The molecule has 30 heavy (non-hydrogen) atoms. The van der Waals surface area contributed by atoms with Crippen LogP contribution in [0.2, 0.25) is 10.0 Å². The first-order chi connectivity index (χ1) is 14.3. The molecule has 0 radical (unpaired) electrons. The molecule has 2 aromatic heterocycles. The summed E-state index contributed by atoms with van der Waals surface area (Å²) in [5.41, 5.74) is 0.723. The van der Waals surface area contributed by atoms with Gasteiger partial charge in [0, 0.05) is 29.7 Å². The molecule has 0 spiro atoms. The molecule has 1 aromatic carbocycles. The van der Waals surface area contributed by atoms with Gasteiger partial charge in [0.05, 0.1) is 13.1 Å². The number of aromatic nitrogens is 4. The Hall–Kier alpha value is -2.09. The predicted octanol–water partition coefficient (Wildman–Crippen LogP) is 3.02. The van der Waals surface area contributed by atoms with E-state index in [-0.39, 0.29) is 5.56 Å². The lowest BCUT2D eigenvalue weighted by atomic mass is 9.99. The van der Waals surface area contributed by atoms with Gasteiger partial charge in [-0.15, -0.1) is 0 Å². The number of aryl methyl sites for hydroxylation is 1. The van der Waals surface area contributed by atoms with E-state index < -0.39 is 5.69 Å². The number of halogens is 2. The number of fused-ring (bicyclic) bond motifs is 1. The zero-order valence-electron chi connectivity index (χ0n) is 17.4. The number of hydrogen-bond acceptors (Lipinski definition) is 4. The van der Waals surface area contributed by atoms with Crippen molar-refractivity contribution >= 4 is 34.4 Å². The number of hydrogen-bond donors (Lipinski definition) is 0. The minimum absolute atomic E-state index is 0.308. The van der Waals surface area contributed by atoms with Crippen molar-refractivity contribution in [2.45, 2.75) is 32.9 Å². The smallest absolute Gasteiger partial charge is 0.316 e. The van der Waals surface area contributed by atoms with Gasteiger partial charge in [0.1, 0.15) is 5.82 Å². The average Bonchev–Trinajstić information content (AvgIpc) is 3.07. The molecular weight excluding hydrogens is 425 g/mol. The van der Waals surface area contributed by atoms with Gasteiger partial charge in [-0.3, -0.25) is 18.8 Å². The van der Waals surface area contributed by atoms with Crippen molar-refractivity contribution in [1.29, 1.82) is 0 Å². The van der Waals surface area contributed by atoms with Gasteiger partial charge in [-0.2, -0.15) is 0 Å². The molecule has 4 rings (SSSR count). The highest BCUT2D eigenvalue weighted by Gasteiger charge is 2.23. The van der Waals surface area contributed by atoms with E-state index in [2.05, 4.69) is 11.8 Å². The van der Waals surface area contributed by atoms with Crippen LogP contribution in [-0.4, -0.2) is 36.7 Å². The van der Waals surface area contributed by atoms with E-state index in [0.717, 1.165) is 47.8 Å². The summed E-state index contributed by atoms with van der Waals surface area (Å²) in [5.74, 6) is 1.45. The van der Waals surface area contributed by atoms with Gasteiger partial charge < -0.3 is 4.57 Å².